The molecule has 4 heteroatoms. The number of aryl methyl sites for hydroxylation is 1. The molecule has 0 amide bonds. The van der Waals surface area contributed by atoms with Crippen molar-refractivity contribution < 1.29 is 5.11 Å². The van der Waals surface area contributed by atoms with E-state index in [1.165, 1.54) is 4.88 Å². The van der Waals surface area contributed by atoms with Crippen LogP contribution in [0.4, 0.5) is 0 Å². The highest BCUT2D eigenvalue weighted by Gasteiger charge is 2.09. The lowest BCUT2D eigenvalue weighted by atomic mass is 10.1. The van der Waals surface area contributed by atoms with Gasteiger partial charge in [-0.1, -0.05) is 25.1 Å². The normalized spacial score (nSPS) is 12.6. The van der Waals surface area contributed by atoms with Gasteiger partial charge in [-0.05, 0) is 19.4 Å². The molecule has 2 aromatic rings. The number of phenolic OH excluding ortho intramolecular Hbond substituents is 1. The summed E-state index contributed by atoms with van der Waals surface area (Å²) in [4.78, 5) is 5.68. The van der Waals surface area contributed by atoms with Gasteiger partial charge in [-0.15, -0.1) is 11.3 Å². The zero-order valence-electron chi connectivity index (χ0n) is 10.7. The molecule has 0 saturated heterocycles. The first-order valence-electron chi connectivity index (χ1n) is 6.15. The Balaban J connectivity index is 1.96. The van der Waals surface area contributed by atoms with E-state index in [1.54, 1.807) is 17.4 Å². The monoisotopic (exact) mass is 262 g/mol. The van der Waals surface area contributed by atoms with E-state index in [4.69, 9.17) is 0 Å². The molecule has 1 atom stereocenters. The van der Waals surface area contributed by atoms with Gasteiger partial charge in [0.05, 0.1) is 0 Å². The average molecular weight is 262 g/mol. The summed E-state index contributed by atoms with van der Waals surface area (Å²) in [5.74, 6) is 0.339. The van der Waals surface area contributed by atoms with Crippen LogP contribution in [0, 0.1) is 0 Å². The molecule has 0 aliphatic heterocycles. The molecule has 0 radical (unpaired) electrons. The number of hydrogen-bond donors (Lipinski definition) is 2. The number of hydrogen-bond acceptors (Lipinski definition) is 4. The Morgan fingerprint density at radius 2 is 2.17 bits per heavy atom. The average Bonchev–Trinajstić information content (AvgIpc) is 2.84. The van der Waals surface area contributed by atoms with Crippen molar-refractivity contribution in [2.75, 3.05) is 0 Å². The van der Waals surface area contributed by atoms with E-state index in [9.17, 15) is 5.11 Å². The molecule has 18 heavy (non-hydrogen) atoms. The maximum atomic E-state index is 9.77. The molecule has 0 aliphatic rings. The molecule has 2 rings (SSSR count). The summed E-state index contributed by atoms with van der Waals surface area (Å²) >= 11 is 1.74. The smallest absolute Gasteiger partial charge is 0.120 e. The number of nitrogens with zero attached hydrogens (tertiary/aromatic N) is 1. The van der Waals surface area contributed by atoms with Crippen LogP contribution in [0.2, 0.25) is 0 Å². The van der Waals surface area contributed by atoms with Crippen molar-refractivity contribution in [3.63, 3.8) is 0 Å². The lowest BCUT2D eigenvalue weighted by Crippen LogP contribution is -2.17. The number of phenols is 1. The summed E-state index contributed by atoms with van der Waals surface area (Å²) in [7, 11) is 0. The van der Waals surface area contributed by atoms with Gasteiger partial charge >= 0.3 is 0 Å². The molecule has 0 fully saturated rings. The molecule has 96 valence electrons. The Hall–Kier alpha value is -1.39. The molecule has 1 heterocycles. The van der Waals surface area contributed by atoms with Crippen LogP contribution in [0.25, 0.3) is 0 Å². The van der Waals surface area contributed by atoms with Crippen molar-refractivity contribution in [1.29, 1.82) is 0 Å². The highest BCUT2D eigenvalue weighted by molar-refractivity contribution is 7.11. The SMILES string of the molecule is CCc1cnc(CNC(C)c2ccccc2O)s1. The fourth-order valence-corrected chi connectivity index (χ4v) is 2.61. The van der Waals surface area contributed by atoms with Crippen LogP contribution in [0.5, 0.6) is 5.75 Å². The summed E-state index contributed by atoms with van der Waals surface area (Å²) in [5.41, 5.74) is 0.921. The Labute approximate surface area is 112 Å². The Morgan fingerprint density at radius 3 is 2.83 bits per heavy atom. The lowest BCUT2D eigenvalue weighted by molar-refractivity contribution is 0.452. The minimum absolute atomic E-state index is 0.111. The van der Waals surface area contributed by atoms with Gasteiger partial charge in [0.25, 0.3) is 0 Å². The number of aromatic hydroxyl groups is 1. The standard InChI is InChI=1S/C14H18N2OS/c1-3-11-8-16-14(18-11)9-15-10(2)12-6-4-5-7-13(12)17/h4-8,10,15,17H,3,9H2,1-2H3. The number of aromatic nitrogens is 1. The molecule has 2 N–H and O–H groups in total. The highest BCUT2D eigenvalue weighted by Crippen LogP contribution is 2.23. The maximum absolute atomic E-state index is 9.77. The predicted octanol–water partition coefficient (Wildman–Crippen LogP) is 3.26. The van der Waals surface area contributed by atoms with Crippen molar-refractivity contribution in [3.8, 4) is 5.75 Å². The Morgan fingerprint density at radius 1 is 1.39 bits per heavy atom. The molecule has 1 aromatic heterocycles. The van der Waals surface area contributed by atoms with Crippen LogP contribution in [-0.4, -0.2) is 10.1 Å². The minimum atomic E-state index is 0.111. The van der Waals surface area contributed by atoms with E-state index >= 15 is 0 Å². The summed E-state index contributed by atoms with van der Waals surface area (Å²) in [6.45, 7) is 4.92. The third-order valence-corrected chi connectivity index (χ3v) is 4.05. The minimum Gasteiger partial charge on any atom is -0.508 e. The molecular weight excluding hydrogens is 244 g/mol. The van der Waals surface area contributed by atoms with Gasteiger partial charge in [-0.25, -0.2) is 4.98 Å². The molecule has 3 nitrogen and oxygen atoms in total. The zero-order chi connectivity index (χ0) is 13.0. The van der Waals surface area contributed by atoms with Crippen LogP contribution < -0.4 is 5.32 Å². The van der Waals surface area contributed by atoms with E-state index in [2.05, 4.69) is 17.2 Å². The van der Waals surface area contributed by atoms with Crippen molar-refractivity contribution in [2.45, 2.75) is 32.9 Å². The van der Waals surface area contributed by atoms with Crippen LogP contribution >= 0.6 is 11.3 Å². The second-order valence-electron chi connectivity index (χ2n) is 4.24. The quantitative estimate of drug-likeness (QED) is 0.869. The molecule has 1 unspecified atom stereocenters. The lowest BCUT2D eigenvalue weighted by Gasteiger charge is -2.14. The van der Waals surface area contributed by atoms with Gasteiger partial charge in [0.15, 0.2) is 0 Å². The van der Waals surface area contributed by atoms with E-state index in [0.717, 1.165) is 23.5 Å². The molecule has 0 saturated carbocycles. The van der Waals surface area contributed by atoms with E-state index in [0.29, 0.717) is 5.75 Å². The topological polar surface area (TPSA) is 45.2 Å². The third-order valence-electron chi connectivity index (χ3n) is 2.91. The van der Waals surface area contributed by atoms with Crippen LogP contribution in [0.1, 0.15) is 35.3 Å². The van der Waals surface area contributed by atoms with Crippen molar-refractivity contribution in [3.05, 3.63) is 45.9 Å². The first-order valence-corrected chi connectivity index (χ1v) is 6.97. The summed E-state index contributed by atoms with van der Waals surface area (Å²) in [5, 5.41) is 14.2. The second kappa shape index (κ2) is 5.98. The van der Waals surface area contributed by atoms with Gasteiger partial charge in [0.2, 0.25) is 0 Å². The number of benzene rings is 1. The first-order chi connectivity index (χ1) is 8.70. The number of rotatable bonds is 5. The maximum Gasteiger partial charge on any atom is 0.120 e. The number of para-hydroxylation sites is 1. The van der Waals surface area contributed by atoms with Gasteiger partial charge in [-0.2, -0.15) is 0 Å². The van der Waals surface area contributed by atoms with E-state index < -0.39 is 0 Å². The molecule has 0 spiro atoms. The Bertz CT molecular complexity index is 510. The molecule has 0 aliphatic carbocycles. The highest BCUT2D eigenvalue weighted by atomic mass is 32.1. The van der Waals surface area contributed by atoms with Crippen LogP contribution in [-0.2, 0) is 13.0 Å². The molecule has 1 aromatic carbocycles. The zero-order valence-corrected chi connectivity index (χ0v) is 11.5. The third kappa shape index (κ3) is 3.09. The van der Waals surface area contributed by atoms with Crippen molar-refractivity contribution in [2.24, 2.45) is 0 Å². The van der Waals surface area contributed by atoms with E-state index in [1.807, 2.05) is 31.3 Å². The predicted molar refractivity (Wildman–Crippen MR) is 74.9 cm³/mol. The molecule has 0 bridgehead atoms. The summed E-state index contributed by atoms with van der Waals surface area (Å²) < 4.78 is 0. The number of nitrogens with one attached hydrogen (secondary N) is 1. The largest absolute Gasteiger partial charge is 0.508 e. The van der Waals surface area contributed by atoms with Crippen molar-refractivity contribution in [1.82, 2.24) is 10.3 Å². The first kappa shape index (κ1) is 13.1. The van der Waals surface area contributed by atoms with Crippen LogP contribution in [0.15, 0.2) is 30.5 Å². The Kier molecular flexibility index (Phi) is 4.33. The van der Waals surface area contributed by atoms with Gasteiger partial charge < -0.3 is 10.4 Å². The summed E-state index contributed by atoms with van der Waals surface area (Å²) in [6.07, 6.45) is 2.97. The second-order valence-corrected chi connectivity index (χ2v) is 5.44. The molecular formula is C14H18N2OS. The summed E-state index contributed by atoms with van der Waals surface area (Å²) in [6, 6.07) is 7.53. The van der Waals surface area contributed by atoms with Gasteiger partial charge in [0.1, 0.15) is 10.8 Å². The fraction of sp³-hybridized carbons (Fsp3) is 0.357. The van der Waals surface area contributed by atoms with Crippen molar-refractivity contribution >= 4 is 11.3 Å². The fourth-order valence-electron chi connectivity index (χ4n) is 1.80. The van der Waals surface area contributed by atoms with Crippen LogP contribution in [0.3, 0.4) is 0 Å². The van der Waals surface area contributed by atoms with E-state index in [-0.39, 0.29) is 6.04 Å². The number of thiazole rings is 1. The van der Waals surface area contributed by atoms with Gasteiger partial charge in [0, 0.05) is 29.2 Å². The van der Waals surface area contributed by atoms with Gasteiger partial charge in [-0.3, -0.25) is 0 Å².